The predicted octanol–water partition coefficient (Wildman–Crippen LogP) is 3.41. The zero-order valence-corrected chi connectivity index (χ0v) is 12.1. The molecule has 0 radical (unpaired) electrons. The lowest BCUT2D eigenvalue weighted by atomic mass is 9.98. The average molecular weight is 263 g/mol. The summed E-state index contributed by atoms with van der Waals surface area (Å²) in [6.07, 6.45) is 5.18. The van der Waals surface area contributed by atoms with Gasteiger partial charge in [0.15, 0.2) is 11.5 Å². The Morgan fingerprint density at radius 2 is 2.16 bits per heavy atom. The number of likely N-dealkylation sites (tertiary alicyclic amines) is 1. The molecule has 1 aliphatic heterocycles. The molecule has 0 saturated carbocycles. The molecule has 1 heterocycles. The van der Waals surface area contributed by atoms with Crippen LogP contribution in [0.3, 0.4) is 0 Å². The number of ether oxygens (including phenoxy) is 1. The van der Waals surface area contributed by atoms with Gasteiger partial charge in [0.2, 0.25) is 0 Å². The van der Waals surface area contributed by atoms with Gasteiger partial charge in [0.1, 0.15) is 0 Å². The molecule has 0 aliphatic carbocycles. The van der Waals surface area contributed by atoms with E-state index in [4.69, 9.17) is 4.74 Å². The topological polar surface area (TPSA) is 32.7 Å². The summed E-state index contributed by atoms with van der Waals surface area (Å²) in [5.41, 5.74) is 0.967. The molecule has 1 aromatic rings. The molecule has 1 aromatic carbocycles. The van der Waals surface area contributed by atoms with Gasteiger partial charge in [-0.3, -0.25) is 4.90 Å². The van der Waals surface area contributed by atoms with Crippen molar-refractivity contribution in [1.82, 2.24) is 4.90 Å². The van der Waals surface area contributed by atoms with Crippen LogP contribution in [-0.4, -0.2) is 30.2 Å². The Bertz CT molecular complexity index is 406. The van der Waals surface area contributed by atoms with Gasteiger partial charge in [-0.1, -0.05) is 25.5 Å². The number of methoxy groups -OCH3 is 1. The molecular formula is C16H25NO2. The number of nitrogens with zero attached hydrogens (tertiary/aromatic N) is 1. The zero-order chi connectivity index (χ0) is 13.7. The highest BCUT2D eigenvalue weighted by molar-refractivity contribution is 5.45. The van der Waals surface area contributed by atoms with Crippen molar-refractivity contribution in [3.8, 4) is 11.5 Å². The third-order valence-corrected chi connectivity index (χ3v) is 4.21. The summed E-state index contributed by atoms with van der Waals surface area (Å²) in [5, 5.41) is 10.1. The Hall–Kier alpha value is -1.22. The maximum atomic E-state index is 10.1. The Kier molecular flexibility index (Phi) is 5.08. The van der Waals surface area contributed by atoms with E-state index in [1.165, 1.54) is 25.7 Å². The lowest BCUT2D eigenvalue weighted by molar-refractivity contribution is 0.266. The first kappa shape index (κ1) is 14.2. The van der Waals surface area contributed by atoms with Crippen LogP contribution < -0.4 is 4.74 Å². The van der Waals surface area contributed by atoms with Gasteiger partial charge < -0.3 is 9.84 Å². The van der Waals surface area contributed by atoms with Crippen molar-refractivity contribution in [3.05, 3.63) is 23.8 Å². The minimum absolute atomic E-state index is 0.293. The maximum Gasteiger partial charge on any atom is 0.162 e. The van der Waals surface area contributed by atoms with E-state index < -0.39 is 0 Å². The number of rotatable bonds is 4. The van der Waals surface area contributed by atoms with E-state index in [0.717, 1.165) is 31.1 Å². The van der Waals surface area contributed by atoms with Gasteiger partial charge >= 0.3 is 0 Å². The first-order chi connectivity index (χ1) is 9.24. The Morgan fingerprint density at radius 1 is 1.32 bits per heavy atom. The number of hydrogen-bond donors (Lipinski definition) is 1. The first-order valence-corrected chi connectivity index (χ1v) is 7.31. The quantitative estimate of drug-likeness (QED) is 0.903. The molecule has 3 heteroatoms. The molecule has 0 aromatic heterocycles. The Labute approximate surface area is 116 Å². The second kappa shape index (κ2) is 6.80. The summed E-state index contributed by atoms with van der Waals surface area (Å²) in [6, 6.07) is 5.73. The van der Waals surface area contributed by atoms with Gasteiger partial charge in [-0.2, -0.15) is 0 Å². The van der Waals surface area contributed by atoms with E-state index in [1.807, 2.05) is 12.1 Å². The number of phenolic OH excluding ortho intramolecular Hbond substituents is 1. The Morgan fingerprint density at radius 3 is 2.89 bits per heavy atom. The fourth-order valence-electron chi connectivity index (χ4n) is 2.89. The zero-order valence-electron chi connectivity index (χ0n) is 12.1. The largest absolute Gasteiger partial charge is 0.504 e. The summed E-state index contributed by atoms with van der Waals surface area (Å²) in [5.74, 6) is 1.74. The monoisotopic (exact) mass is 263 g/mol. The summed E-state index contributed by atoms with van der Waals surface area (Å²) in [7, 11) is 1.59. The van der Waals surface area contributed by atoms with Crippen molar-refractivity contribution < 1.29 is 9.84 Å². The third-order valence-electron chi connectivity index (χ3n) is 4.21. The summed E-state index contributed by atoms with van der Waals surface area (Å²) < 4.78 is 5.17. The van der Waals surface area contributed by atoms with Crippen molar-refractivity contribution in [2.75, 3.05) is 20.2 Å². The molecule has 1 aliphatic rings. The lowest BCUT2D eigenvalue weighted by Crippen LogP contribution is -2.24. The highest BCUT2D eigenvalue weighted by atomic mass is 16.5. The number of phenols is 1. The fraction of sp³-hybridized carbons (Fsp3) is 0.625. The molecule has 3 nitrogen and oxygen atoms in total. The number of aromatic hydroxyl groups is 1. The van der Waals surface area contributed by atoms with Gasteiger partial charge in [-0.15, -0.1) is 0 Å². The minimum atomic E-state index is 0.293. The third kappa shape index (κ3) is 3.63. The normalized spacial score (nSPS) is 21.1. The van der Waals surface area contributed by atoms with Gasteiger partial charge in [0.25, 0.3) is 0 Å². The summed E-state index contributed by atoms with van der Waals surface area (Å²) in [6.45, 7) is 5.37. The van der Waals surface area contributed by atoms with Gasteiger partial charge in [-0.05, 0) is 44.3 Å². The molecule has 19 heavy (non-hydrogen) atoms. The molecule has 106 valence electrons. The maximum absolute atomic E-state index is 10.1. The van der Waals surface area contributed by atoms with E-state index in [9.17, 15) is 5.11 Å². The van der Waals surface area contributed by atoms with Crippen LogP contribution in [0.1, 0.15) is 38.2 Å². The standard InChI is InChI=1S/C16H25NO2/c1-3-13-6-5-10-17(11-9-13)12-14-7-4-8-15(19-2)16(14)18/h4,7-8,13,18H,3,5-6,9-12H2,1-2H3. The van der Waals surface area contributed by atoms with Gasteiger partial charge in [0, 0.05) is 12.1 Å². The van der Waals surface area contributed by atoms with Crippen molar-refractivity contribution in [2.24, 2.45) is 5.92 Å². The summed E-state index contributed by atoms with van der Waals surface area (Å²) in [4.78, 5) is 2.45. The minimum Gasteiger partial charge on any atom is -0.504 e. The second-order valence-electron chi connectivity index (χ2n) is 5.45. The lowest BCUT2D eigenvalue weighted by Gasteiger charge is -2.21. The van der Waals surface area contributed by atoms with Crippen LogP contribution in [0.15, 0.2) is 18.2 Å². The van der Waals surface area contributed by atoms with E-state index in [0.29, 0.717) is 11.5 Å². The van der Waals surface area contributed by atoms with E-state index in [1.54, 1.807) is 13.2 Å². The van der Waals surface area contributed by atoms with Crippen LogP contribution in [0, 0.1) is 5.92 Å². The molecule has 1 N–H and O–H groups in total. The molecule has 0 bridgehead atoms. The van der Waals surface area contributed by atoms with E-state index in [-0.39, 0.29) is 0 Å². The van der Waals surface area contributed by atoms with Crippen LogP contribution in [0.5, 0.6) is 11.5 Å². The molecule has 1 saturated heterocycles. The van der Waals surface area contributed by atoms with Crippen molar-refractivity contribution in [2.45, 2.75) is 39.2 Å². The Balaban J connectivity index is 2.01. The molecule has 1 unspecified atom stereocenters. The molecule has 0 amide bonds. The molecule has 0 spiro atoms. The molecule has 2 rings (SSSR count). The highest BCUT2D eigenvalue weighted by Crippen LogP contribution is 2.31. The van der Waals surface area contributed by atoms with Crippen molar-refractivity contribution >= 4 is 0 Å². The molecule has 1 fully saturated rings. The highest BCUT2D eigenvalue weighted by Gasteiger charge is 2.17. The van der Waals surface area contributed by atoms with E-state index in [2.05, 4.69) is 11.8 Å². The van der Waals surface area contributed by atoms with Gasteiger partial charge in [0.05, 0.1) is 7.11 Å². The summed E-state index contributed by atoms with van der Waals surface area (Å²) >= 11 is 0. The van der Waals surface area contributed by atoms with Crippen LogP contribution in [0.4, 0.5) is 0 Å². The number of para-hydroxylation sites is 1. The number of hydrogen-bond acceptors (Lipinski definition) is 3. The first-order valence-electron chi connectivity index (χ1n) is 7.31. The van der Waals surface area contributed by atoms with Crippen molar-refractivity contribution in [3.63, 3.8) is 0 Å². The van der Waals surface area contributed by atoms with Crippen LogP contribution in [-0.2, 0) is 6.54 Å². The number of benzene rings is 1. The molecular weight excluding hydrogens is 238 g/mol. The van der Waals surface area contributed by atoms with Gasteiger partial charge in [-0.25, -0.2) is 0 Å². The van der Waals surface area contributed by atoms with E-state index >= 15 is 0 Å². The smallest absolute Gasteiger partial charge is 0.162 e. The van der Waals surface area contributed by atoms with Crippen LogP contribution >= 0.6 is 0 Å². The van der Waals surface area contributed by atoms with Crippen molar-refractivity contribution in [1.29, 1.82) is 0 Å². The fourth-order valence-corrected chi connectivity index (χ4v) is 2.89. The van der Waals surface area contributed by atoms with Crippen LogP contribution in [0.2, 0.25) is 0 Å². The average Bonchev–Trinajstić information content (AvgIpc) is 2.66. The second-order valence-corrected chi connectivity index (χ2v) is 5.45. The van der Waals surface area contributed by atoms with Crippen LogP contribution in [0.25, 0.3) is 0 Å². The SMILES string of the molecule is CCC1CCCN(Cc2cccc(OC)c2O)CC1. The molecule has 1 atom stereocenters. The predicted molar refractivity (Wildman–Crippen MR) is 77.6 cm³/mol.